The molecule has 22 heavy (non-hydrogen) atoms. The fraction of sp³-hybridized carbons (Fsp3) is 0.222. The minimum Gasteiger partial charge on any atom is -0.377 e. The van der Waals surface area contributed by atoms with Gasteiger partial charge in [0.25, 0.3) is 0 Å². The van der Waals surface area contributed by atoms with Crippen molar-refractivity contribution in [2.24, 2.45) is 5.92 Å². The van der Waals surface area contributed by atoms with Gasteiger partial charge in [0.15, 0.2) is 0 Å². The van der Waals surface area contributed by atoms with Gasteiger partial charge < -0.3 is 5.32 Å². The number of para-hydroxylation sites is 1. The molecule has 1 N–H and O–H groups in total. The number of hydrogen-bond acceptors (Lipinski definition) is 1. The molecule has 0 fully saturated rings. The van der Waals surface area contributed by atoms with Gasteiger partial charge in [-0.2, -0.15) is 0 Å². The lowest BCUT2D eigenvalue weighted by atomic mass is 9.77. The third-order valence-corrected chi connectivity index (χ3v) is 6.16. The molecule has 1 aliphatic carbocycles. The fourth-order valence-electron chi connectivity index (χ4n) is 3.65. The number of anilines is 1. The Morgan fingerprint density at radius 3 is 2.68 bits per heavy atom. The van der Waals surface area contributed by atoms with Gasteiger partial charge in [-0.1, -0.05) is 59.6 Å². The second kappa shape index (κ2) is 5.59. The van der Waals surface area contributed by atoms with Crippen LogP contribution >= 0.6 is 39.1 Å². The molecule has 0 saturated carbocycles. The predicted octanol–water partition coefficient (Wildman–Crippen LogP) is 6.58. The summed E-state index contributed by atoms with van der Waals surface area (Å²) >= 11 is 16.4. The van der Waals surface area contributed by atoms with Crippen LogP contribution in [0.1, 0.15) is 29.5 Å². The van der Waals surface area contributed by atoms with Crippen LogP contribution in [0.5, 0.6) is 0 Å². The molecule has 4 heteroatoms. The van der Waals surface area contributed by atoms with E-state index < -0.39 is 0 Å². The van der Waals surface area contributed by atoms with Gasteiger partial charge in [0.05, 0.1) is 21.8 Å². The average Bonchev–Trinajstić information content (AvgIpc) is 3.00. The van der Waals surface area contributed by atoms with Crippen molar-refractivity contribution in [3.05, 3.63) is 74.2 Å². The van der Waals surface area contributed by atoms with Crippen LogP contribution in [0.2, 0.25) is 10.0 Å². The average molecular weight is 395 g/mol. The first-order valence-corrected chi connectivity index (χ1v) is 8.87. The molecule has 4 rings (SSSR count). The highest BCUT2D eigenvalue weighted by Crippen LogP contribution is 2.52. The van der Waals surface area contributed by atoms with Crippen molar-refractivity contribution in [1.29, 1.82) is 0 Å². The van der Waals surface area contributed by atoms with Crippen molar-refractivity contribution in [2.75, 3.05) is 5.32 Å². The number of rotatable bonds is 1. The van der Waals surface area contributed by atoms with Gasteiger partial charge in [-0.25, -0.2) is 0 Å². The van der Waals surface area contributed by atoms with Gasteiger partial charge in [0, 0.05) is 10.4 Å². The van der Waals surface area contributed by atoms with E-state index in [9.17, 15) is 0 Å². The van der Waals surface area contributed by atoms with E-state index in [1.54, 1.807) is 0 Å². The summed E-state index contributed by atoms with van der Waals surface area (Å²) < 4.78 is 1.09. The summed E-state index contributed by atoms with van der Waals surface area (Å²) in [6, 6.07) is 12.4. The molecule has 2 aromatic rings. The molecule has 0 spiro atoms. The maximum Gasteiger partial charge on any atom is 0.0645 e. The van der Waals surface area contributed by atoms with Crippen LogP contribution in [-0.2, 0) is 0 Å². The highest BCUT2D eigenvalue weighted by atomic mass is 79.9. The van der Waals surface area contributed by atoms with Gasteiger partial charge >= 0.3 is 0 Å². The van der Waals surface area contributed by atoms with Crippen LogP contribution in [-0.4, -0.2) is 0 Å². The maximum absolute atomic E-state index is 6.48. The lowest BCUT2D eigenvalue weighted by Crippen LogP contribution is -2.29. The van der Waals surface area contributed by atoms with Crippen LogP contribution in [0.25, 0.3) is 0 Å². The van der Waals surface area contributed by atoms with Gasteiger partial charge in [0.2, 0.25) is 0 Å². The van der Waals surface area contributed by atoms with Crippen molar-refractivity contribution < 1.29 is 0 Å². The normalized spacial score (nSPS) is 25.5. The number of fused-ring (bicyclic) bond motifs is 3. The molecular formula is C18H14BrCl2N. The molecule has 0 amide bonds. The molecule has 2 aromatic carbocycles. The highest BCUT2D eigenvalue weighted by molar-refractivity contribution is 9.10. The monoisotopic (exact) mass is 393 g/mol. The minimum absolute atomic E-state index is 0.164. The summed E-state index contributed by atoms with van der Waals surface area (Å²) in [4.78, 5) is 0. The van der Waals surface area contributed by atoms with Crippen LogP contribution in [0.4, 0.5) is 5.69 Å². The number of benzene rings is 2. The second-order valence-corrected chi connectivity index (χ2v) is 7.46. The molecule has 0 saturated heterocycles. The summed E-state index contributed by atoms with van der Waals surface area (Å²) in [6.45, 7) is 0. The van der Waals surface area contributed by atoms with Crippen molar-refractivity contribution in [3.8, 4) is 0 Å². The smallest absolute Gasteiger partial charge is 0.0645 e. The molecule has 0 aromatic heterocycles. The highest BCUT2D eigenvalue weighted by Gasteiger charge is 2.39. The molecule has 0 unspecified atom stereocenters. The Morgan fingerprint density at radius 1 is 1.05 bits per heavy atom. The quantitative estimate of drug-likeness (QED) is 0.538. The van der Waals surface area contributed by atoms with Crippen molar-refractivity contribution in [2.45, 2.75) is 18.4 Å². The first kappa shape index (κ1) is 14.6. The van der Waals surface area contributed by atoms with E-state index in [1.807, 2.05) is 12.1 Å². The summed E-state index contributed by atoms with van der Waals surface area (Å²) in [5.74, 6) is 0.895. The Morgan fingerprint density at radius 2 is 1.82 bits per heavy atom. The first-order chi connectivity index (χ1) is 10.7. The number of hydrogen-bond donors (Lipinski definition) is 1. The SMILES string of the molecule is Clc1cccc([C@@H]2Nc3c(Br)cccc3[C@H]3C=CC[C@H]32)c1Cl. The Hall–Kier alpha value is -0.960. The Labute approximate surface area is 148 Å². The largest absolute Gasteiger partial charge is 0.377 e. The summed E-state index contributed by atoms with van der Waals surface area (Å²) in [5, 5.41) is 4.96. The number of nitrogens with one attached hydrogen (secondary N) is 1. The third kappa shape index (κ3) is 2.20. The van der Waals surface area contributed by atoms with E-state index in [2.05, 4.69) is 57.7 Å². The molecule has 1 heterocycles. The summed E-state index contributed by atoms with van der Waals surface area (Å²) in [6.07, 6.45) is 5.65. The van der Waals surface area contributed by atoms with E-state index in [0.29, 0.717) is 21.9 Å². The second-order valence-electron chi connectivity index (χ2n) is 5.82. The first-order valence-electron chi connectivity index (χ1n) is 7.32. The van der Waals surface area contributed by atoms with Crippen molar-refractivity contribution >= 4 is 44.8 Å². The van der Waals surface area contributed by atoms with Crippen molar-refractivity contribution in [3.63, 3.8) is 0 Å². The molecule has 3 atom stereocenters. The lowest BCUT2D eigenvalue weighted by Gasteiger charge is -2.38. The summed E-state index contributed by atoms with van der Waals surface area (Å²) in [7, 11) is 0. The molecule has 1 aliphatic heterocycles. The predicted molar refractivity (Wildman–Crippen MR) is 97.0 cm³/mol. The van der Waals surface area contributed by atoms with E-state index in [-0.39, 0.29) is 6.04 Å². The van der Waals surface area contributed by atoms with Gasteiger partial charge in [-0.05, 0) is 51.5 Å². The topological polar surface area (TPSA) is 12.0 Å². The third-order valence-electron chi connectivity index (χ3n) is 4.66. The Balaban J connectivity index is 1.86. The van der Waals surface area contributed by atoms with Gasteiger partial charge in [-0.15, -0.1) is 0 Å². The zero-order chi connectivity index (χ0) is 15.3. The number of halogens is 3. The minimum atomic E-state index is 0.164. The van der Waals surface area contributed by atoms with E-state index >= 15 is 0 Å². The number of allylic oxidation sites excluding steroid dienone is 2. The Bertz CT molecular complexity index is 772. The standard InChI is InChI=1S/C18H14BrCl2N/c19-14-8-2-6-12-10-4-1-5-11(10)17(22-18(12)14)13-7-3-9-15(20)16(13)21/h1-4,6-11,17,22H,5H2/t10-,11+,17+/m0/s1. The molecule has 1 nitrogen and oxygen atoms in total. The van der Waals surface area contributed by atoms with Crippen LogP contribution in [0.15, 0.2) is 53.0 Å². The van der Waals surface area contributed by atoms with Crippen LogP contribution < -0.4 is 5.32 Å². The van der Waals surface area contributed by atoms with E-state index in [1.165, 1.54) is 5.56 Å². The zero-order valence-corrected chi connectivity index (χ0v) is 14.8. The van der Waals surface area contributed by atoms with Crippen molar-refractivity contribution in [1.82, 2.24) is 0 Å². The Kier molecular flexibility index (Phi) is 3.72. The summed E-state index contributed by atoms with van der Waals surface area (Å²) in [5.41, 5.74) is 3.59. The molecule has 0 radical (unpaired) electrons. The molecule has 2 aliphatic rings. The van der Waals surface area contributed by atoms with Crippen LogP contribution in [0, 0.1) is 5.92 Å². The van der Waals surface area contributed by atoms with Gasteiger partial charge in [-0.3, -0.25) is 0 Å². The zero-order valence-electron chi connectivity index (χ0n) is 11.7. The fourth-order valence-corrected chi connectivity index (χ4v) is 4.57. The lowest BCUT2D eigenvalue weighted by molar-refractivity contribution is 0.425. The van der Waals surface area contributed by atoms with E-state index in [0.717, 1.165) is 22.1 Å². The molecule has 0 bridgehead atoms. The molecule has 112 valence electrons. The maximum atomic E-state index is 6.48. The molecular weight excluding hydrogens is 381 g/mol. The van der Waals surface area contributed by atoms with Crippen LogP contribution in [0.3, 0.4) is 0 Å². The van der Waals surface area contributed by atoms with E-state index in [4.69, 9.17) is 23.2 Å². The van der Waals surface area contributed by atoms with Gasteiger partial charge in [0.1, 0.15) is 0 Å².